The molecular weight excluding hydrogens is 303 g/mol. The van der Waals surface area contributed by atoms with Crippen molar-refractivity contribution in [3.8, 4) is 11.1 Å². The summed E-state index contributed by atoms with van der Waals surface area (Å²) in [6, 6.07) is 16.2. The molecule has 0 radical (unpaired) electrons. The van der Waals surface area contributed by atoms with E-state index in [0.717, 1.165) is 6.04 Å². The molecule has 0 saturated carbocycles. The largest absolute Gasteiger partial charge is 0.127 e. The van der Waals surface area contributed by atoms with Crippen LogP contribution in [0.25, 0.3) is 11.1 Å². The second-order valence-electron chi connectivity index (χ2n) is 6.61. The second-order valence-corrected chi connectivity index (χ2v) is 12.8. The fraction of sp³-hybridized carbons (Fsp3) is 0.294. The Morgan fingerprint density at radius 2 is 1.70 bits per heavy atom. The van der Waals surface area contributed by atoms with Gasteiger partial charge >= 0.3 is 0 Å². The highest BCUT2D eigenvalue weighted by Crippen LogP contribution is 2.57. The van der Waals surface area contributed by atoms with Gasteiger partial charge in [-0.2, -0.15) is 0 Å². The number of halogens is 2. The molecule has 0 spiro atoms. The number of benzene rings is 2. The molecule has 0 aromatic heterocycles. The van der Waals surface area contributed by atoms with Crippen molar-refractivity contribution >= 4 is 36.5 Å². The summed E-state index contributed by atoms with van der Waals surface area (Å²) in [5, 5.41) is 1.54. The zero-order chi connectivity index (χ0) is 14.1. The van der Waals surface area contributed by atoms with Crippen LogP contribution in [0.1, 0.15) is 17.0 Å². The summed E-state index contributed by atoms with van der Waals surface area (Å²) in [7, 11) is -1.58. The zero-order valence-electron chi connectivity index (χ0n) is 11.6. The van der Waals surface area contributed by atoms with Crippen LogP contribution in [-0.2, 0) is 0 Å². The third-order valence-corrected chi connectivity index (χ3v) is 9.27. The molecule has 4 rings (SSSR count). The number of alkyl halides is 2. The van der Waals surface area contributed by atoms with E-state index in [1.54, 1.807) is 0 Å². The van der Waals surface area contributed by atoms with Gasteiger partial charge in [-0.25, -0.2) is 0 Å². The molecule has 0 bridgehead atoms. The lowest BCUT2D eigenvalue weighted by molar-refractivity contribution is 0.724. The summed E-state index contributed by atoms with van der Waals surface area (Å²) in [5.41, 5.74) is 5.35. The minimum atomic E-state index is -1.58. The lowest BCUT2D eigenvalue weighted by Crippen LogP contribution is -2.53. The molecule has 0 fully saturated rings. The molecule has 0 saturated heterocycles. The molecule has 20 heavy (non-hydrogen) atoms. The minimum absolute atomic E-state index is 0.133. The summed E-state index contributed by atoms with van der Waals surface area (Å²) in [6.45, 7) is 4.75. The summed E-state index contributed by atoms with van der Waals surface area (Å²) < 4.78 is -0.675. The second kappa shape index (κ2) is 3.91. The normalized spacial score (nSPS) is 24.1. The highest BCUT2D eigenvalue weighted by Gasteiger charge is 2.52. The SMILES string of the molecule is C[Si]1(C)CC(Cl)(Cl)C2c3ccccc3-c3cccc1c32. The van der Waals surface area contributed by atoms with Gasteiger partial charge in [0.25, 0.3) is 0 Å². The van der Waals surface area contributed by atoms with Gasteiger partial charge in [0.05, 0.1) is 8.07 Å². The van der Waals surface area contributed by atoms with E-state index in [0.29, 0.717) is 0 Å². The Labute approximate surface area is 130 Å². The maximum atomic E-state index is 6.81. The van der Waals surface area contributed by atoms with Crippen LogP contribution in [0, 0.1) is 0 Å². The van der Waals surface area contributed by atoms with Crippen molar-refractivity contribution < 1.29 is 0 Å². The van der Waals surface area contributed by atoms with Crippen molar-refractivity contribution in [3.05, 3.63) is 53.6 Å². The molecule has 2 aliphatic rings. The van der Waals surface area contributed by atoms with E-state index in [9.17, 15) is 0 Å². The molecule has 1 atom stereocenters. The van der Waals surface area contributed by atoms with Gasteiger partial charge < -0.3 is 0 Å². The molecule has 1 heterocycles. The number of rotatable bonds is 0. The Morgan fingerprint density at radius 1 is 1.00 bits per heavy atom. The highest BCUT2D eigenvalue weighted by atomic mass is 35.5. The van der Waals surface area contributed by atoms with Crippen molar-refractivity contribution in [2.24, 2.45) is 0 Å². The molecule has 2 aromatic carbocycles. The molecule has 1 unspecified atom stereocenters. The van der Waals surface area contributed by atoms with Crippen molar-refractivity contribution in [1.29, 1.82) is 0 Å². The van der Waals surface area contributed by atoms with Crippen LogP contribution in [0.15, 0.2) is 42.5 Å². The molecular formula is C17H16Cl2Si. The first kappa shape index (κ1) is 12.9. The van der Waals surface area contributed by atoms with E-state index < -0.39 is 12.4 Å². The minimum Gasteiger partial charge on any atom is -0.101 e. The Hall–Kier alpha value is -0.763. The number of hydrogen-bond donors (Lipinski definition) is 0. The Balaban J connectivity index is 2.12. The van der Waals surface area contributed by atoms with Gasteiger partial charge in [-0.15, -0.1) is 23.2 Å². The lowest BCUT2D eigenvalue weighted by Gasteiger charge is -2.42. The van der Waals surface area contributed by atoms with Gasteiger partial charge in [0, 0.05) is 5.92 Å². The Bertz CT molecular complexity index is 719. The molecule has 2 aromatic rings. The van der Waals surface area contributed by atoms with Gasteiger partial charge in [0.15, 0.2) is 0 Å². The van der Waals surface area contributed by atoms with Crippen molar-refractivity contribution in [2.75, 3.05) is 0 Å². The first-order chi connectivity index (χ1) is 9.42. The van der Waals surface area contributed by atoms with E-state index in [1.165, 1.54) is 27.4 Å². The Kier molecular flexibility index (Phi) is 2.53. The molecule has 3 heteroatoms. The summed E-state index contributed by atoms with van der Waals surface area (Å²) in [5.74, 6) is 0.133. The van der Waals surface area contributed by atoms with Crippen LogP contribution >= 0.6 is 23.2 Å². The van der Waals surface area contributed by atoms with Crippen LogP contribution in [0.4, 0.5) is 0 Å². The topological polar surface area (TPSA) is 0 Å². The lowest BCUT2D eigenvalue weighted by atomic mass is 9.93. The molecule has 0 amide bonds. The van der Waals surface area contributed by atoms with E-state index in [2.05, 4.69) is 55.6 Å². The molecule has 1 aliphatic carbocycles. The molecule has 0 N–H and O–H groups in total. The number of fused-ring (bicyclic) bond motifs is 3. The molecule has 1 aliphatic heterocycles. The fourth-order valence-corrected chi connectivity index (χ4v) is 9.66. The first-order valence-corrected chi connectivity index (χ1v) is 11.0. The maximum Gasteiger partial charge on any atom is 0.127 e. The van der Waals surface area contributed by atoms with Gasteiger partial charge in [0.2, 0.25) is 0 Å². The van der Waals surface area contributed by atoms with Gasteiger partial charge in [-0.3, -0.25) is 0 Å². The van der Waals surface area contributed by atoms with E-state index in [4.69, 9.17) is 23.2 Å². The fourth-order valence-electron chi connectivity index (χ4n) is 4.08. The third-order valence-electron chi connectivity index (χ3n) is 4.79. The van der Waals surface area contributed by atoms with Crippen LogP contribution in [0.3, 0.4) is 0 Å². The van der Waals surface area contributed by atoms with E-state index >= 15 is 0 Å². The maximum absolute atomic E-state index is 6.81. The standard InChI is InChI=1S/C17H16Cl2Si/c1-20(2)10-17(18,19)16-13-7-4-3-6-11(13)12-8-5-9-14(20)15(12)16/h3-9,16H,10H2,1-2H3. The summed E-state index contributed by atoms with van der Waals surface area (Å²) in [4.78, 5) is 0. The highest BCUT2D eigenvalue weighted by molar-refractivity contribution is 6.92. The van der Waals surface area contributed by atoms with Crippen LogP contribution in [0.2, 0.25) is 19.1 Å². The number of hydrogen-bond acceptors (Lipinski definition) is 0. The molecule has 102 valence electrons. The van der Waals surface area contributed by atoms with Gasteiger partial charge in [0.1, 0.15) is 4.33 Å². The van der Waals surface area contributed by atoms with Crippen molar-refractivity contribution in [1.82, 2.24) is 0 Å². The summed E-state index contributed by atoms with van der Waals surface area (Å²) >= 11 is 13.6. The zero-order valence-corrected chi connectivity index (χ0v) is 14.1. The van der Waals surface area contributed by atoms with Gasteiger partial charge in [-0.1, -0.05) is 60.7 Å². The quantitative estimate of drug-likeness (QED) is 0.478. The predicted molar refractivity (Wildman–Crippen MR) is 90.1 cm³/mol. The van der Waals surface area contributed by atoms with Gasteiger partial charge in [-0.05, 0) is 28.3 Å². The van der Waals surface area contributed by atoms with Crippen LogP contribution < -0.4 is 5.19 Å². The van der Waals surface area contributed by atoms with Crippen LogP contribution in [-0.4, -0.2) is 12.4 Å². The Morgan fingerprint density at radius 3 is 2.50 bits per heavy atom. The molecule has 0 nitrogen and oxygen atoms in total. The third kappa shape index (κ3) is 1.54. The van der Waals surface area contributed by atoms with E-state index in [-0.39, 0.29) is 5.92 Å². The van der Waals surface area contributed by atoms with Crippen LogP contribution in [0.5, 0.6) is 0 Å². The first-order valence-electron chi connectivity index (χ1n) is 7.02. The predicted octanol–water partition coefficient (Wildman–Crippen LogP) is 4.90. The summed E-state index contributed by atoms with van der Waals surface area (Å²) in [6.07, 6.45) is 0. The monoisotopic (exact) mass is 318 g/mol. The van der Waals surface area contributed by atoms with E-state index in [1.807, 2.05) is 0 Å². The average molecular weight is 319 g/mol. The van der Waals surface area contributed by atoms with Crippen molar-refractivity contribution in [3.63, 3.8) is 0 Å². The average Bonchev–Trinajstić information content (AvgIpc) is 2.71. The smallest absolute Gasteiger partial charge is 0.101 e. The van der Waals surface area contributed by atoms with Crippen molar-refractivity contribution in [2.45, 2.75) is 29.4 Å².